The van der Waals surface area contributed by atoms with Crippen LogP contribution in [0, 0.1) is 0 Å². The lowest BCUT2D eigenvalue weighted by Crippen LogP contribution is -2.35. The minimum absolute atomic E-state index is 0.0597. The third-order valence-electron chi connectivity index (χ3n) is 3.32. The van der Waals surface area contributed by atoms with Gasteiger partial charge in [0.15, 0.2) is 0 Å². The molecule has 0 aliphatic carbocycles. The largest absolute Gasteiger partial charge is 0.468 e. The number of likely N-dealkylation sites (N-methyl/N-ethyl adjacent to an activating group) is 1. The van der Waals surface area contributed by atoms with Crippen LogP contribution in [0.5, 0.6) is 0 Å². The summed E-state index contributed by atoms with van der Waals surface area (Å²) in [4.78, 5) is 25.6. The summed E-state index contributed by atoms with van der Waals surface area (Å²) >= 11 is 0. The first-order valence-electron chi connectivity index (χ1n) is 6.63. The average molecular weight is 289 g/mol. The monoisotopic (exact) mass is 289 g/mol. The van der Waals surface area contributed by atoms with Crippen LogP contribution in [0.15, 0.2) is 45.9 Å². The zero-order valence-corrected chi connectivity index (χ0v) is 12.4. The Hall–Kier alpha value is -2.34. The third kappa shape index (κ3) is 3.61. The molecule has 0 fully saturated rings. The molecule has 2 rings (SSSR count). The summed E-state index contributed by atoms with van der Waals surface area (Å²) in [6, 6.07) is 6.57. The second-order valence-corrected chi connectivity index (χ2v) is 5.07. The summed E-state index contributed by atoms with van der Waals surface area (Å²) in [6.07, 6.45) is 3.18. The van der Waals surface area contributed by atoms with Crippen molar-refractivity contribution in [1.82, 2.24) is 14.8 Å². The van der Waals surface area contributed by atoms with Gasteiger partial charge in [-0.25, -0.2) is 0 Å². The van der Waals surface area contributed by atoms with Crippen molar-refractivity contribution in [1.29, 1.82) is 0 Å². The molecular weight excluding hydrogens is 270 g/mol. The van der Waals surface area contributed by atoms with Gasteiger partial charge >= 0.3 is 0 Å². The van der Waals surface area contributed by atoms with Gasteiger partial charge in [0.2, 0.25) is 0 Å². The predicted octanol–water partition coefficient (Wildman–Crippen LogP) is 1.01. The first-order valence-corrected chi connectivity index (χ1v) is 6.63. The van der Waals surface area contributed by atoms with E-state index < -0.39 is 0 Å². The maximum Gasteiger partial charge on any atom is 0.251 e. The Balaban J connectivity index is 2.05. The minimum atomic E-state index is -0.272. The molecule has 6 nitrogen and oxygen atoms in total. The van der Waals surface area contributed by atoms with Crippen molar-refractivity contribution in [2.24, 2.45) is 7.05 Å². The molecule has 0 unspecified atom stereocenters. The first kappa shape index (κ1) is 15.1. The normalized spacial score (nSPS) is 12.4. The molecule has 1 N–H and O–H groups in total. The van der Waals surface area contributed by atoms with Crippen LogP contribution in [0.2, 0.25) is 0 Å². The number of rotatable bonds is 5. The van der Waals surface area contributed by atoms with Crippen molar-refractivity contribution in [2.75, 3.05) is 20.6 Å². The van der Waals surface area contributed by atoms with E-state index in [1.165, 1.54) is 10.6 Å². The average Bonchev–Trinajstić information content (AvgIpc) is 2.95. The molecule has 0 saturated heterocycles. The number of hydrogen-bond acceptors (Lipinski definition) is 4. The first-order chi connectivity index (χ1) is 9.99. The SMILES string of the molecule is CN(C)[C@@H](CNC(=O)c1ccn(C)c(=O)c1)c1ccco1. The van der Waals surface area contributed by atoms with Gasteiger partial charge in [-0.3, -0.25) is 14.5 Å². The fourth-order valence-corrected chi connectivity index (χ4v) is 2.00. The molecule has 112 valence electrons. The standard InChI is InChI=1S/C15H19N3O3/c1-17(2)12(13-5-4-8-21-13)10-16-15(20)11-6-7-18(3)14(19)9-11/h4-9,12H,10H2,1-3H3,(H,16,20)/t12-/m0/s1. The van der Waals surface area contributed by atoms with Crippen LogP contribution in [0.3, 0.4) is 0 Å². The van der Waals surface area contributed by atoms with Gasteiger partial charge in [-0.2, -0.15) is 0 Å². The molecule has 0 aromatic carbocycles. The molecule has 1 amide bonds. The van der Waals surface area contributed by atoms with E-state index in [0.29, 0.717) is 12.1 Å². The lowest BCUT2D eigenvalue weighted by molar-refractivity contribution is 0.0938. The molecular formula is C15H19N3O3. The Morgan fingerprint density at radius 1 is 1.43 bits per heavy atom. The molecule has 2 heterocycles. The fraction of sp³-hybridized carbons (Fsp3) is 0.333. The number of nitrogens with one attached hydrogen (secondary N) is 1. The van der Waals surface area contributed by atoms with Crippen molar-refractivity contribution >= 4 is 5.91 Å². The molecule has 0 aliphatic heterocycles. The van der Waals surface area contributed by atoms with E-state index in [1.807, 2.05) is 31.1 Å². The van der Waals surface area contributed by atoms with Gasteiger partial charge in [0.1, 0.15) is 5.76 Å². The number of carbonyl (C=O) groups excluding carboxylic acids is 1. The number of aromatic nitrogens is 1. The quantitative estimate of drug-likeness (QED) is 0.892. The summed E-state index contributed by atoms with van der Waals surface area (Å²) in [5, 5.41) is 2.83. The predicted molar refractivity (Wildman–Crippen MR) is 79.2 cm³/mol. The topological polar surface area (TPSA) is 67.5 Å². The van der Waals surface area contributed by atoms with Crippen LogP contribution in [-0.2, 0) is 7.05 Å². The molecule has 0 saturated carbocycles. The maximum atomic E-state index is 12.1. The van der Waals surface area contributed by atoms with E-state index in [4.69, 9.17) is 4.42 Å². The van der Waals surface area contributed by atoms with Crippen LogP contribution in [0.4, 0.5) is 0 Å². The van der Waals surface area contributed by atoms with E-state index >= 15 is 0 Å². The number of aryl methyl sites for hydroxylation is 1. The van der Waals surface area contributed by atoms with E-state index in [0.717, 1.165) is 5.76 Å². The van der Waals surface area contributed by atoms with Gasteiger partial charge in [-0.1, -0.05) is 0 Å². The van der Waals surface area contributed by atoms with Crippen molar-refractivity contribution in [3.05, 3.63) is 58.4 Å². The van der Waals surface area contributed by atoms with Crippen LogP contribution in [0.1, 0.15) is 22.2 Å². The molecule has 21 heavy (non-hydrogen) atoms. The highest BCUT2D eigenvalue weighted by Gasteiger charge is 2.18. The van der Waals surface area contributed by atoms with E-state index in [2.05, 4.69) is 5.32 Å². The van der Waals surface area contributed by atoms with Gasteiger partial charge in [-0.05, 0) is 32.3 Å². The number of furan rings is 1. The third-order valence-corrected chi connectivity index (χ3v) is 3.32. The molecule has 0 radical (unpaired) electrons. The number of carbonyl (C=O) groups is 1. The molecule has 0 bridgehead atoms. The van der Waals surface area contributed by atoms with Crippen LogP contribution < -0.4 is 10.9 Å². The summed E-state index contributed by atoms with van der Waals surface area (Å²) < 4.78 is 6.80. The highest BCUT2D eigenvalue weighted by atomic mass is 16.3. The summed E-state index contributed by atoms with van der Waals surface area (Å²) in [7, 11) is 5.47. The molecule has 1 atom stereocenters. The van der Waals surface area contributed by atoms with Crippen molar-refractivity contribution in [2.45, 2.75) is 6.04 Å². The lowest BCUT2D eigenvalue weighted by atomic mass is 10.2. The van der Waals surface area contributed by atoms with Crippen LogP contribution in [-0.4, -0.2) is 36.0 Å². The zero-order chi connectivity index (χ0) is 15.4. The van der Waals surface area contributed by atoms with Gasteiger partial charge in [0.05, 0.1) is 12.3 Å². The van der Waals surface area contributed by atoms with E-state index in [9.17, 15) is 9.59 Å². The fourth-order valence-electron chi connectivity index (χ4n) is 2.00. The highest BCUT2D eigenvalue weighted by Crippen LogP contribution is 2.17. The zero-order valence-electron chi connectivity index (χ0n) is 12.4. The van der Waals surface area contributed by atoms with E-state index in [-0.39, 0.29) is 17.5 Å². The van der Waals surface area contributed by atoms with Crippen molar-refractivity contribution in [3.8, 4) is 0 Å². The molecule has 2 aromatic heterocycles. The lowest BCUT2D eigenvalue weighted by Gasteiger charge is -2.22. The highest BCUT2D eigenvalue weighted by molar-refractivity contribution is 5.93. The van der Waals surface area contributed by atoms with Gasteiger partial charge in [0, 0.05) is 31.4 Å². The minimum Gasteiger partial charge on any atom is -0.468 e. The summed E-state index contributed by atoms with van der Waals surface area (Å²) in [5.74, 6) is 0.510. The maximum absolute atomic E-state index is 12.1. The second kappa shape index (κ2) is 6.41. The second-order valence-electron chi connectivity index (χ2n) is 5.07. The Bertz CT molecular complexity index is 659. The number of amides is 1. The van der Waals surface area contributed by atoms with Crippen molar-refractivity contribution in [3.63, 3.8) is 0 Å². The molecule has 2 aromatic rings. The van der Waals surface area contributed by atoms with Crippen molar-refractivity contribution < 1.29 is 9.21 Å². The molecule has 0 aliphatic rings. The number of pyridine rings is 1. The summed E-state index contributed by atoms with van der Waals surface area (Å²) in [5.41, 5.74) is 0.146. The Labute approximate surface area is 123 Å². The Kier molecular flexibility index (Phi) is 4.59. The van der Waals surface area contributed by atoms with E-state index in [1.54, 1.807) is 25.6 Å². The molecule has 0 spiro atoms. The Morgan fingerprint density at radius 3 is 2.76 bits per heavy atom. The van der Waals surface area contributed by atoms with Gasteiger partial charge in [0.25, 0.3) is 11.5 Å². The number of hydrogen-bond donors (Lipinski definition) is 1. The smallest absolute Gasteiger partial charge is 0.251 e. The van der Waals surface area contributed by atoms with Crippen LogP contribution in [0.25, 0.3) is 0 Å². The number of nitrogens with zero attached hydrogens (tertiary/aromatic N) is 2. The van der Waals surface area contributed by atoms with Crippen LogP contribution >= 0.6 is 0 Å². The molecule has 6 heteroatoms. The Morgan fingerprint density at radius 2 is 2.19 bits per heavy atom. The summed E-state index contributed by atoms with van der Waals surface area (Å²) in [6.45, 7) is 0.397. The van der Waals surface area contributed by atoms with Gasteiger partial charge in [-0.15, -0.1) is 0 Å². The van der Waals surface area contributed by atoms with Gasteiger partial charge < -0.3 is 14.3 Å².